The molecule has 2 N–H and O–H groups in total. The summed E-state index contributed by atoms with van der Waals surface area (Å²) >= 11 is 0. The zero-order chi connectivity index (χ0) is 13.4. The van der Waals surface area contributed by atoms with Gasteiger partial charge in [-0.3, -0.25) is 0 Å². The molecule has 4 nitrogen and oxygen atoms in total. The van der Waals surface area contributed by atoms with E-state index in [4.69, 9.17) is 0 Å². The zero-order valence-electron chi connectivity index (χ0n) is 10.7. The lowest BCUT2D eigenvalue weighted by molar-refractivity contribution is 0.0565. The molecule has 1 aliphatic carbocycles. The molecule has 1 atom stereocenters. The standard InChI is InChI=1S/C13H19NO3S/c1-13(15,9-14-11-5-6-11)10-3-7-12(8-4-10)18(2,16)17/h3-4,7-8,11,14-15H,5-6,9H2,1-2H3. The Morgan fingerprint density at radius 2 is 1.89 bits per heavy atom. The van der Waals surface area contributed by atoms with Gasteiger partial charge in [0.15, 0.2) is 9.84 Å². The van der Waals surface area contributed by atoms with E-state index in [2.05, 4.69) is 5.32 Å². The molecular weight excluding hydrogens is 250 g/mol. The van der Waals surface area contributed by atoms with E-state index in [1.807, 2.05) is 0 Å². The Balaban J connectivity index is 2.11. The summed E-state index contributed by atoms with van der Waals surface area (Å²) in [5.41, 5.74) is -0.249. The molecule has 0 aliphatic heterocycles. The van der Waals surface area contributed by atoms with Gasteiger partial charge in [-0.2, -0.15) is 0 Å². The van der Waals surface area contributed by atoms with Crippen LogP contribution in [0.1, 0.15) is 25.3 Å². The van der Waals surface area contributed by atoms with Crippen molar-refractivity contribution in [2.24, 2.45) is 0 Å². The lowest BCUT2D eigenvalue weighted by Gasteiger charge is -2.24. The Morgan fingerprint density at radius 1 is 1.33 bits per heavy atom. The Kier molecular flexibility index (Phi) is 3.49. The van der Waals surface area contributed by atoms with E-state index < -0.39 is 15.4 Å². The lowest BCUT2D eigenvalue weighted by Crippen LogP contribution is -2.36. The smallest absolute Gasteiger partial charge is 0.175 e. The van der Waals surface area contributed by atoms with Gasteiger partial charge in [-0.05, 0) is 37.5 Å². The third-order valence-electron chi connectivity index (χ3n) is 3.22. The number of sulfone groups is 1. The molecule has 1 unspecified atom stereocenters. The van der Waals surface area contributed by atoms with Crippen LogP contribution in [0.5, 0.6) is 0 Å². The number of nitrogens with one attached hydrogen (secondary N) is 1. The van der Waals surface area contributed by atoms with Gasteiger partial charge in [0.25, 0.3) is 0 Å². The maximum atomic E-state index is 11.3. The molecule has 1 fully saturated rings. The first-order valence-corrected chi connectivity index (χ1v) is 7.94. The van der Waals surface area contributed by atoms with Crippen LogP contribution in [0, 0.1) is 0 Å². The summed E-state index contributed by atoms with van der Waals surface area (Å²) in [7, 11) is -3.18. The minimum atomic E-state index is -3.18. The minimum absolute atomic E-state index is 0.275. The maximum Gasteiger partial charge on any atom is 0.175 e. The monoisotopic (exact) mass is 269 g/mol. The van der Waals surface area contributed by atoms with Gasteiger partial charge in [0.05, 0.1) is 10.5 Å². The van der Waals surface area contributed by atoms with Crippen molar-refractivity contribution in [3.63, 3.8) is 0 Å². The maximum absolute atomic E-state index is 11.3. The molecule has 0 radical (unpaired) electrons. The van der Waals surface area contributed by atoms with E-state index in [0.29, 0.717) is 12.6 Å². The summed E-state index contributed by atoms with van der Waals surface area (Å²) in [5.74, 6) is 0. The number of benzene rings is 1. The van der Waals surface area contributed by atoms with Gasteiger partial charge in [0.2, 0.25) is 0 Å². The normalized spacial score (nSPS) is 19.5. The highest BCUT2D eigenvalue weighted by atomic mass is 32.2. The van der Waals surface area contributed by atoms with Gasteiger partial charge in [0, 0.05) is 18.8 Å². The Bertz CT molecular complexity index is 516. The predicted molar refractivity (Wildman–Crippen MR) is 70.1 cm³/mol. The molecule has 1 aromatic carbocycles. The second-order valence-corrected chi connectivity index (χ2v) is 7.24. The fraction of sp³-hybridized carbons (Fsp3) is 0.538. The second kappa shape index (κ2) is 4.64. The molecule has 5 heteroatoms. The third-order valence-corrected chi connectivity index (χ3v) is 4.35. The molecule has 0 bridgehead atoms. The van der Waals surface area contributed by atoms with Crippen LogP contribution in [0.15, 0.2) is 29.2 Å². The van der Waals surface area contributed by atoms with Gasteiger partial charge in [-0.25, -0.2) is 8.42 Å². The van der Waals surface area contributed by atoms with E-state index >= 15 is 0 Å². The van der Waals surface area contributed by atoms with E-state index in [-0.39, 0.29) is 4.90 Å². The highest BCUT2D eigenvalue weighted by molar-refractivity contribution is 7.90. The van der Waals surface area contributed by atoms with Crippen molar-refractivity contribution >= 4 is 9.84 Å². The van der Waals surface area contributed by atoms with Crippen molar-refractivity contribution in [2.75, 3.05) is 12.8 Å². The molecule has 0 heterocycles. The Labute approximate surface area is 108 Å². The molecule has 100 valence electrons. The molecule has 1 aliphatic rings. The summed E-state index contributed by atoms with van der Waals surface area (Å²) in [6.45, 7) is 2.22. The van der Waals surface area contributed by atoms with Gasteiger partial charge in [-0.1, -0.05) is 12.1 Å². The van der Waals surface area contributed by atoms with Crippen molar-refractivity contribution in [3.8, 4) is 0 Å². The average molecular weight is 269 g/mol. The number of hydrogen-bond donors (Lipinski definition) is 2. The predicted octanol–water partition coefficient (Wildman–Crippen LogP) is 1.05. The summed E-state index contributed by atoms with van der Waals surface area (Å²) in [6, 6.07) is 6.95. The van der Waals surface area contributed by atoms with Crippen LogP contribution in [0.4, 0.5) is 0 Å². The molecule has 2 rings (SSSR count). The SMILES string of the molecule is CC(O)(CNC1CC1)c1ccc(S(C)(=O)=O)cc1. The van der Waals surface area contributed by atoms with Crippen LogP contribution in [-0.4, -0.2) is 32.4 Å². The van der Waals surface area contributed by atoms with Gasteiger partial charge < -0.3 is 10.4 Å². The number of hydrogen-bond acceptors (Lipinski definition) is 4. The van der Waals surface area contributed by atoms with Crippen LogP contribution in [0.2, 0.25) is 0 Å². The highest BCUT2D eigenvalue weighted by Gasteiger charge is 2.28. The molecule has 0 amide bonds. The molecule has 0 aromatic heterocycles. The van der Waals surface area contributed by atoms with Crippen molar-refractivity contribution in [1.29, 1.82) is 0 Å². The van der Waals surface area contributed by atoms with Gasteiger partial charge >= 0.3 is 0 Å². The molecular formula is C13H19NO3S. The van der Waals surface area contributed by atoms with Gasteiger partial charge in [0.1, 0.15) is 0 Å². The van der Waals surface area contributed by atoms with E-state index in [1.54, 1.807) is 19.1 Å². The fourth-order valence-electron chi connectivity index (χ4n) is 1.79. The number of rotatable bonds is 5. The quantitative estimate of drug-likeness (QED) is 0.838. The van der Waals surface area contributed by atoms with Crippen molar-refractivity contribution in [2.45, 2.75) is 36.3 Å². The van der Waals surface area contributed by atoms with E-state index in [9.17, 15) is 13.5 Å². The largest absolute Gasteiger partial charge is 0.384 e. The van der Waals surface area contributed by atoms with E-state index in [0.717, 1.165) is 5.56 Å². The molecule has 0 saturated heterocycles. The summed E-state index contributed by atoms with van der Waals surface area (Å²) < 4.78 is 22.7. The van der Waals surface area contributed by atoms with Crippen LogP contribution < -0.4 is 5.32 Å². The van der Waals surface area contributed by atoms with Crippen molar-refractivity contribution < 1.29 is 13.5 Å². The zero-order valence-corrected chi connectivity index (χ0v) is 11.5. The van der Waals surface area contributed by atoms with Crippen LogP contribution in [0.3, 0.4) is 0 Å². The summed E-state index contributed by atoms with van der Waals surface area (Å²) in [6.07, 6.45) is 3.51. The average Bonchev–Trinajstić information content (AvgIpc) is 3.09. The Hall–Kier alpha value is -0.910. The summed E-state index contributed by atoms with van der Waals surface area (Å²) in [5, 5.41) is 13.6. The minimum Gasteiger partial charge on any atom is -0.384 e. The number of aliphatic hydroxyl groups is 1. The topological polar surface area (TPSA) is 66.4 Å². The van der Waals surface area contributed by atoms with Crippen LogP contribution >= 0.6 is 0 Å². The lowest BCUT2D eigenvalue weighted by atomic mass is 9.96. The van der Waals surface area contributed by atoms with Crippen molar-refractivity contribution in [3.05, 3.63) is 29.8 Å². The Morgan fingerprint density at radius 3 is 2.33 bits per heavy atom. The molecule has 1 saturated carbocycles. The molecule has 18 heavy (non-hydrogen) atoms. The first-order valence-electron chi connectivity index (χ1n) is 6.05. The van der Waals surface area contributed by atoms with E-state index in [1.165, 1.54) is 31.2 Å². The first-order chi connectivity index (χ1) is 8.29. The second-order valence-electron chi connectivity index (χ2n) is 5.23. The van der Waals surface area contributed by atoms with Crippen molar-refractivity contribution in [1.82, 2.24) is 5.32 Å². The fourth-order valence-corrected chi connectivity index (χ4v) is 2.42. The molecule has 1 aromatic rings. The van der Waals surface area contributed by atoms with Crippen LogP contribution in [0.25, 0.3) is 0 Å². The first kappa shape index (κ1) is 13.5. The van der Waals surface area contributed by atoms with Gasteiger partial charge in [-0.15, -0.1) is 0 Å². The highest BCUT2D eigenvalue weighted by Crippen LogP contribution is 2.24. The summed E-state index contributed by atoms with van der Waals surface area (Å²) in [4.78, 5) is 0.275. The third kappa shape index (κ3) is 3.31. The molecule has 0 spiro atoms. The van der Waals surface area contributed by atoms with Crippen LogP contribution in [-0.2, 0) is 15.4 Å².